The molecule has 4 aromatic rings. The first-order valence-electron chi connectivity index (χ1n) is 15.8. The highest BCUT2D eigenvalue weighted by Gasteiger charge is 2.70. The van der Waals surface area contributed by atoms with E-state index in [0.717, 1.165) is 33.2 Å². The van der Waals surface area contributed by atoms with Crippen molar-refractivity contribution in [2.75, 3.05) is 16.8 Å². The van der Waals surface area contributed by atoms with E-state index in [1.165, 1.54) is 48.2 Å². The van der Waals surface area contributed by atoms with Gasteiger partial charge in [-0.25, -0.2) is 18.5 Å². The van der Waals surface area contributed by atoms with Crippen LogP contribution in [0.2, 0.25) is 0 Å². The van der Waals surface area contributed by atoms with Crippen molar-refractivity contribution in [3.05, 3.63) is 98.5 Å². The molecule has 17 heteroatoms. The number of nitrogens with two attached hydrogens (primary N) is 1. The monoisotopic (exact) mass is 756 g/mol. The van der Waals surface area contributed by atoms with Gasteiger partial charge in [-0.1, -0.05) is 41.7 Å². The van der Waals surface area contributed by atoms with Crippen LogP contribution in [0.3, 0.4) is 0 Å². The molecule has 8 rings (SSSR count). The second-order valence-corrected chi connectivity index (χ2v) is 16.7. The molecule has 2 aliphatic carbocycles. The lowest BCUT2D eigenvalue weighted by atomic mass is 9.68. The van der Waals surface area contributed by atoms with E-state index in [0.29, 0.717) is 28.4 Å². The number of alkyl halides is 3. The number of aromatic amines is 1. The molecule has 1 aromatic heterocycles. The number of primary sulfonamides is 1. The summed E-state index contributed by atoms with van der Waals surface area (Å²) in [5.41, 5.74) is -0.548. The standard InChI is InChI=1S/C34H27F3N4O7S3/c35-34(36,37)20-6-2-3-7-21(20)41-31(43)26-18-13-19(27(26)32(41)44)28-25(18)24(29-30(49-28)40-33(45)50-29)17-5-1-4-8-22(17)48-14-23(42)39-15-9-11-16(12-10-15)51(38,46)47/h1-12,18-19,24-28H,13-14H2,(H,39,42)(H,40,45)(H2,38,46,47)/t18-,19-,24-,25?,26?,27?,28?/m1/s1. The molecule has 264 valence electrons. The van der Waals surface area contributed by atoms with E-state index in [1.54, 1.807) is 18.2 Å². The number of fused-ring (bicyclic) bond motifs is 9. The van der Waals surface area contributed by atoms with Crippen LogP contribution >= 0.6 is 23.1 Å². The van der Waals surface area contributed by atoms with Gasteiger partial charge < -0.3 is 15.0 Å². The molecule has 0 spiro atoms. The minimum absolute atomic E-state index is 0.115. The van der Waals surface area contributed by atoms with E-state index < -0.39 is 69.5 Å². The molecule has 3 aromatic carbocycles. The second-order valence-electron chi connectivity index (χ2n) is 12.9. The van der Waals surface area contributed by atoms with Crippen LogP contribution in [0.1, 0.15) is 28.3 Å². The maximum absolute atomic E-state index is 14.1. The van der Waals surface area contributed by atoms with Gasteiger partial charge in [-0.2, -0.15) is 13.2 Å². The average Bonchev–Trinajstić information content (AvgIpc) is 3.82. The maximum Gasteiger partial charge on any atom is 0.418 e. The van der Waals surface area contributed by atoms with Crippen LogP contribution in [-0.2, 0) is 30.6 Å². The third-order valence-electron chi connectivity index (χ3n) is 10.3. The fourth-order valence-corrected chi connectivity index (χ4v) is 11.8. The summed E-state index contributed by atoms with van der Waals surface area (Å²) in [7, 11) is -3.91. The Labute approximate surface area is 296 Å². The van der Waals surface area contributed by atoms with Gasteiger partial charge >= 0.3 is 11.0 Å². The molecule has 3 amide bonds. The van der Waals surface area contributed by atoms with Crippen molar-refractivity contribution >= 4 is 62.2 Å². The minimum atomic E-state index is -4.78. The van der Waals surface area contributed by atoms with Crippen molar-refractivity contribution in [1.29, 1.82) is 0 Å². The lowest BCUT2D eigenvalue weighted by Crippen LogP contribution is -2.42. The van der Waals surface area contributed by atoms with Crippen molar-refractivity contribution < 1.29 is 40.7 Å². The van der Waals surface area contributed by atoms with Crippen molar-refractivity contribution in [2.24, 2.45) is 34.7 Å². The number of amides is 3. The molecule has 4 unspecified atom stereocenters. The molecular weight excluding hydrogens is 730 g/mol. The number of imide groups is 1. The SMILES string of the molecule is NS(=O)(=O)c1ccc(NC(=O)COc2ccccc2[C@H]2c3sc(=O)[nH]c3SC3C2[C@H]2C[C@@H]3C3C(=O)N(c4ccccc4C(F)(F)F)C(=O)C32)cc1. The number of anilines is 2. The molecule has 2 saturated carbocycles. The Bertz CT molecular complexity index is 2270. The highest BCUT2D eigenvalue weighted by Crippen LogP contribution is 2.69. The quantitative estimate of drug-likeness (QED) is 0.226. The molecule has 7 atom stereocenters. The van der Waals surface area contributed by atoms with Crippen molar-refractivity contribution in [2.45, 2.75) is 33.7 Å². The van der Waals surface area contributed by atoms with E-state index >= 15 is 0 Å². The predicted molar refractivity (Wildman–Crippen MR) is 181 cm³/mol. The number of aromatic nitrogens is 1. The number of thioether (sulfide) groups is 1. The Hall–Kier alpha value is -4.45. The van der Waals surface area contributed by atoms with Gasteiger partial charge in [0.15, 0.2) is 6.61 Å². The first-order chi connectivity index (χ1) is 24.2. The number of benzene rings is 3. The van der Waals surface area contributed by atoms with Crippen molar-refractivity contribution in [3.63, 3.8) is 0 Å². The number of carbonyl (C=O) groups is 3. The zero-order valence-corrected chi connectivity index (χ0v) is 28.6. The summed E-state index contributed by atoms with van der Waals surface area (Å²) in [6.45, 7) is -0.420. The van der Waals surface area contributed by atoms with Crippen molar-refractivity contribution in [1.82, 2.24) is 4.98 Å². The number of hydrogen-bond acceptors (Lipinski definition) is 9. The smallest absolute Gasteiger partial charge is 0.418 e. The highest BCUT2D eigenvalue weighted by molar-refractivity contribution is 8.00. The first-order valence-corrected chi connectivity index (χ1v) is 19.0. The van der Waals surface area contributed by atoms with Gasteiger partial charge in [-0.3, -0.25) is 19.2 Å². The molecule has 0 radical (unpaired) electrons. The number of para-hydroxylation sites is 2. The van der Waals surface area contributed by atoms with Gasteiger partial charge in [0.1, 0.15) is 5.75 Å². The number of hydrogen-bond donors (Lipinski definition) is 3. The fourth-order valence-electron chi connectivity index (χ4n) is 8.45. The van der Waals surface area contributed by atoms with E-state index in [2.05, 4.69) is 10.3 Å². The summed E-state index contributed by atoms with van der Waals surface area (Å²) < 4.78 is 71.2. The van der Waals surface area contributed by atoms with Crippen LogP contribution in [0.5, 0.6) is 5.75 Å². The number of sulfonamides is 1. The highest BCUT2D eigenvalue weighted by atomic mass is 32.2. The Morgan fingerprint density at radius 1 is 0.961 bits per heavy atom. The number of carbonyl (C=O) groups excluding carboxylic acids is 3. The maximum atomic E-state index is 14.1. The van der Waals surface area contributed by atoms with Crippen molar-refractivity contribution in [3.8, 4) is 5.75 Å². The van der Waals surface area contributed by atoms with Gasteiger partial charge in [-0.05, 0) is 66.6 Å². The fraction of sp³-hybridized carbons (Fsp3) is 0.294. The molecular formula is C34H27F3N4O7S3. The number of nitrogens with one attached hydrogen (secondary N) is 2. The normalized spacial score (nSPS) is 26.5. The number of halogens is 3. The van der Waals surface area contributed by atoms with Crippen LogP contribution in [0, 0.1) is 29.6 Å². The van der Waals surface area contributed by atoms with E-state index in [4.69, 9.17) is 9.88 Å². The molecule has 2 aliphatic heterocycles. The van der Waals surface area contributed by atoms with E-state index in [9.17, 15) is 40.8 Å². The summed E-state index contributed by atoms with van der Waals surface area (Å²) in [6, 6.07) is 16.9. The van der Waals surface area contributed by atoms with Gasteiger partial charge in [-0.15, -0.1) is 11.8 Å². The summed E-state index contributed by atoms with van der Waals surface area (Å²) in [6.07, 6.45) is -4.25. The zero-order valence-electron chi connectivity index (χ0n) is 26.1. The van der Waals surface area contributed by atoms with Gasteiger partial charge in [0.2, 0.25) is 21.8 Å². The predicted octanol–water partition coefficient (Wildman–Crippen LogP) is 4.80. The summed E-state index contributed by atoms with van der Waals surface area (Å²) in [4.78, 5) is 57.6. The third kappa shape index (κ3) is 5.57. The summed E-state index contributed by atoms with van der Waals surface area (Å²) in [5.74, 6) is -4.53. The average molecular weight is 757 g/mol. The van der Waals surface area contributed by atoms with Crippen LogP contribution < -0.4 is 25.0 Å². The van der Waals surface area contributed by atoms with Gasteiger partial charge in [0, 0.05) is 27.3 Å². The van der Waals surface area contributed by atoms with E-state index in [1.807, 2.05) is 6.07 Å². The summed E-state index contributed by atoms with van der Waals surface area (Å²) >= 11 is 2.47. The number of ether oxygens (including phenoxy) is 1. The Balaban J connectivity index is 1.10. The molecule has 4 aliphatic rings. The molecule has 3 heterocycles. The number of rotatable bonds is 7. The molecule has 51 heavy (non-hydrogen) atoms. The second kappa shape index (κ2) is 12.1. The largest absolute Gasteiger partial charge is 0.483 e. The Morgan fingerprint density at radius 3 is 2.33 bits per heavy atom. The topological polar surface area (TPSA) is 169 Å². The van der Waals surface area contributed by atoms with E-state index in [-0.39, 0.29) is 32.8 Å². The van der Waals surface area contributed by atoms with Crippen LogP contribution in [0.4, 0.5) is 24.5 Å². The number of nitrogens with zero attached hydrogens (tertiary/aromatic N) is 1. The minimum Gasteiger partial charge on any atom is -0.483 e. The van der Waals surface area contributed by atoms with Crippen LogP contribution in [-0.4, -0.2) is 43.0 Å². The molecule has 3 fully saturated rings. The molecule has 2 bridgehead atoms. The first kappa shape index (κ1) is 33.7. The Kier molecular flexibility index (Phi) is 7.97. The molecule has 1 saturated heterocycles. The molecule has 11 nitrogen and oxygen atoms in total. The van der Waals surface area contributed by atoms with Crippen LogP contribution in [0.25, 0.3) is 0 Å². The zero-order chi connectivity index (χ0) is 36.0. The van der Waals surface area contributed by atoms with Crippen LogP contribution in [0.15, 0.2) is 87.5 Å². The summed E-state index contributed by atoms with van der Waals surface area (Å²) in [5, 5.41) is 8.18. The number of H-pyrrole nitrogens is 1. The van der Waals surface area contributed by atoms with Gasteiger partial charge in [0.25, 0.3) is 5.91 Å². The third-order valence-corrected chi connectivity index (χ3v) is 13.8. The Morgan fingerprint density at radius 2 is 1.63 bits per heavy atom. The number of thiazole rings is 1. The lowest BCUT2D eigenvalue weighted by Gasteiger charge is -2.43. The van der Waals surface area contributed by atoms with Gasteiger partial charge in [0.05, 0.1) is 33.0 Å². The molecule has 4 N–H and O–H groups in total. The lowest BCUT2D eigenvalue weighted by molar-refractivity contribution is -0.137.